The van der Waals surface area contributed by atoms with Crippen LogP contribution in [0.15, 0.2) is 48.5 Å². The molecule has 2 aromatic carbocycles. The third kappa shape index (κ3) is 1.51. The van der Waals surface area contributed by atoms with Gasteiger partial charge < -0.3 is 5.32 Å². The molecule has 0 radical (unpaired) electrons. The highest BCUT2D eigenvalue weighted by Crippen LogP contribution is 2.32. The molecule has 3 heteroatoms. The Morgan fingerprint density at radius 1 is 1.00 bits per heavy atom. The molecule has 0 bridgehead atoms. The van der Waals surface area contributed by atoms with E-state index in [2.05, 4.69) is 5.32 Å². The van der Waals surface area contributed by atoms with Gasteiger partial charge in [-0.15, -0.1) is 0 Å². The van der Waals surface area contributed by atoms with E-state index in [-0.39, 0.29) is 17.8 Å². The van der Waals surface area contributed by atoms with E-state index >= 15 is 0 Å². The standard InChI is InChI=1S/C14H10FNO/c15-11-8-4-7-10-12(11)13(16-14(10)17)9-5-2-1-3-6-9/h1-8,13H,(H,16,17). The van der Waals surface area contributed by atoms with Crippen molar-refractivity contribution in [3.8, 4) is 0 Å². The number of nitrogens with one attached hydrogen (secondary N) is 1. The van der Waals surface area contributed by atoms with Crippen LogP contribution in [0.4, 0.5) is 4.39 Å². The van der Waals surface area contributed by atoms with Crippen LogP contribution in [-0.4, -0.2) is 5.91 Å². The first-order valence-electron chi connectivity index (χ1n) is 5.41. The van der Waals surface area contributed by atoms with Gasteiger partial charge in [-0.05, 0) is 17.7 Å². The van der Waals surface area contributed by atoms with Gasteiger partial charge in [0, 0.05) is 11.1 Å². The van der Waals surface area contributed by atoms with Crippen LogP contribution in [0.25, 0.3) is 0 Å². The van der Waals surface area contributed by atoms with Gasteiger partial charge in [0.05, 0.1) is 6.04 Å². The number of carbonyl (C=O) groups is 1. The smallest absolute Gasteiger partial charge is 0.252 e. The number of carbonyl (C=O) groups excluding carboxylic acids is 1. The first-order chi connectivity index (χ1) is 8.27. The maximum Gasteiger partial charge on any atom is 0.252 e. The molecule has 0 aliphatic carbocycles. The largest absolute Gasteiger partial charge is 0.341 e. The number of rotatable bonds is 1. The van der Waals surface area contributed by atoms with Crippen LogP contribution in [0, 0.1) is 5.82 Å². The lowest BCUT2D eigenvalue weighted by Crippen LogP contribution is -2.19. The van der Waals surface area contributed by atoms with Gasteiger partial charge in [-0.2, -0.15) is 0 Å². The molecule has 1 N–H and O–H groups in total. The molecule has 0 saturated carbocycles. The molecule has 0 fully saturated rings. The fourth-order valence-corrected chi connectivity index (χ4v) is 2.20. The molecule has 0 saturated heterocycles. The molecular weight excluding hydrogens is 217 g/mol. The van der Waals surface area contributed by atoms with E-state index in [1.54, 1.807) is 12.1 Å². The molecule has 1 amide bonds. The van der Waals surface area contributed by atoms with Crippen LogP contribution < -0.4 is 5.32 Å². The van der Waals surface area contributed by atoms with Gasteiger partial charge >= 0.3 is 0 Å². The van der Waals surface area contributed by atoms with Crippen molar-refractivity contribution >= 4 is 5.91 Å². The van der Waals surface area contributed by atoms with E-state index < -0.39 is 0 Å². The van der Waals surface area contributed by atoms with Crippen molar-refractivity contribution in [2.75, 3.05) is 0 Å². The average Bonchev–Trinajstić information content (AvgIpc) is 2.70. The minimum Gasteiger partial charge on any atom is -0.341 e. The van der Waals surface area contributed by atoms with E-state index in [9.17, 15) is 9.18 Å². The van der Waals surface area contributed by atoms with Crippen LogP contribution in [0.1, 0.15) is 27.5 Å². The van der Waals surface area contributed by atoms with Crippen molar-refractivity contribution in [1.29, 1.82) is 0 Å². The molecule has 1 atom stereocenters. The van der Waals surface area contributed by atoms with Crippen molar-refractivity contribution in [2.45, 2.75) is 6.04 Å². The van der Waals surface area contributed by atoms with E-state index in [1.807, 2.05) is 30.3 Å². The molecule has 0 spiro atoms. The number of amides is 1. The summed E-state index contributed by atoms with van der Waals surface area (Å²) in [5.41, 5.74) is 1.77. The second-order valence-corrected chi connectivity index (χ2v) is 4.02. The Bertz CT molecular complexity index is 580. The van der Waals surface area contributed by atoms with Gasteiger partial charge in [0.25, 0.3) is 5.91 Å². The van der Waals surface area contributed by atoms with Crippen LogP contribution in [0.3, 0.4) is 0 Å². The predicted molar refractivity (Wildman–Crippen MR) is 62.2 cm³/mol. The average molecular weight is 227 g/mol. The van der Waals surface area contributed by atoms with Gasteiger partial charge in [0.15, 0.2) is 0 Å². The zero-order valence-corrected chi connectivity index (χ0v) is 8.98. The second-order valence-electron chi connectivity index (χ2n) is 4.02. The highest BCUT2D eigenvalue weighted by molar-refractivity contribution is 5.99. The maximum atomic E-state index is 13.8. The molecular formula is C14H10FNO. The Morgan fingerprint density at radius 3 is 2.53 bits per heavy atom. The van der Waals surface area contributed by atoms with Gasteiger partial charge in [-0.3, -0.25) is 4.79 Å². The number of fused-ring (bicyclic) bond motifs is 1. The lowest BCUT2D eigenvalue weighted by Gasteiger charge is -2.12. The molecule has 3 rings (SSSR count). The number of halogens is 1. The first-order valence-corrected chi connectivity index (χ1v) is 5.41. The lowest BCUT2D eigenvalue weighted by atomic mass is 9.98. The first kappa shape index (κ1) is 10.0. The highest BCUT2D eigenvalue weighted by Gasteiger charge is 2.31. The number of hydrogen-bond acceptors (Lipinski definition) is 1. The molecule has 2 nitrogen and oxygen atoms in total. The summed E-state index contributed by atoms with van der Waals surface area (Å²) in [5, 5.41) is 2.80. The van der Waals surface area contributed by atoms with Crippen molar-refractivity contribution in [3.05, 3.63) is 71.0 Å². The van der Waals surface area contributed by atoms with E-state index in [1.165, 1.54) is 6.07 Å². The van der Waals surface area contributed by atoms with Gasteiger partial charge in [-0.25, -0.2) is 4.39 Å². The summed E-state index contributed by atoms with van der Waals surface area (Å²) in [6.07, 6.45) is 0. The summed E-state index contributed by atoms with van der Waals surface area (Å²) in [4.78, 5) is 11.7. The molecule has 2 aromatic rings. The monoisotopic (exact) mass is 227 g/mol. The fourth-order valence-electron chi connectivity index (χ4n) is 2.20. The van der Waals surface area contributed by atoms with Crippen molar-refractivity contribution in [2.24, 2.45) is 0 Å². The zero-order chi connectivity index (χ0) is 11.8. The minimum absolute atomic E-state index is 0.214. The summed E-state index contributed by atoms with van der Waals surface area (Å²) >= 11 is 0. The van der Waals surface area contributed by atoms with Crippen LogP contribution >= 0.6 is 0 Å². The summed E-state index contributed by atoms with van der Waals surface area (Å²) in [5.74, 6) is -0.553. The van der Waals surface area contributed by atoms with Crippen molar-refractivity contribution in [3.63, 3.8) is 0 Å². The second kappa shape index (κ2) is 3.70. The number of benzene rings is 2. The summed E-state index contributed by atoms with van der Waals surface area (Å²) < 4.78 is 13.8. The van der Waals surface area contributed by atoms with E-state index in [0.717, 1.165) is 5.56 Å². The summed E-state index contributed by atoms with van der Waals surface area (Å²) in [6.45, 7) is 0. The Morgan fingerprint density at radius 2 is 1.76 bits per heavy atom. The predicted octanol–water partition coefficient (Wildman–Crippen LogP) is 2.66. The SMILES string of the molecule is O=C1NC(c2ccccc2)c2c(F)cccc21. The van der Waals surface area contributed by atoms with E-state index in [0.29, 0.717) is 11.1 Å². The summed E-state index contributed by atoms with van der Waals surface area (Å²) in [7, 11) is 0. The Kier molecular flexibility index (Phi) is 2.18. The highest BCUT2D eigenvalue weighted by atomic mass is 19.1. The normalized spacial score (nSPS) is 17.7. The van der Waals surface area contributed by atoms with Gasteiger partial charge in [-0.1, -0.05) is 36.4 Å². The van der Waals surface area contributed by atoms with Crippen LogP contribution in [-0.2, 0) is 0 Å². The third-order valence-corrected chi connectivity index (χ3v) is 2.99. The van der Waals surface area contributed by atoms with Crippen molar-refractivity contribution < 1.29 is 9.18 Å². The summed E-state index contributed by atoms with van der Waals surface area (Å²) in [6, 6.07) is 13.6. The molecule has 1 unspecified atom stereocenters. The lowest BCUT2D eigenvalue weighted by molar-refractivity contribution is 0.0960. The Balaban J connectivity index is 2.16. The van der Waals surface area contributed by atoms with Crippen LogP contribution in [0.2, 0.25) is 0 Å². The maximum absolute atomic E-state index is 13.8. The quantitative estimate of drug-likeness (QED) is 0.797. The van der Waals surface area contributed by atoms with Crippen molar-refractivity contribution in [1.82, 2.24) is 5.32 Å². The third-order valence-electron chi connectivity index (χ3n) is 2.99. The van der Waals surface area contributed by atoms with Gasteiger partial charge in [0.1, 0.15) is 5.82 Å². The minimum atomic E-state index is -0.375. The molecule has 1 aliphatic rings. The molecule has 0 aromatic heterocycles. The molecule has 84 valence electrons. The number of hydrogen-bond donors (Lipinski definition) is 1. The van der Waals surface area contributed by atoms with Gasteiger partial charge in [0.2, 0.25) is 0 Å². The fraction of sp³-hybridized carbons (Fsp3) is 0.0714. The Hall–Kier alpha value is -2.16. The molecule has 1 heterocycles. The van der Waals surface area contributed by atoms with Crippen LogP contribution in [0.5, 0.6) is 0 Å². The molecule has 1 aliphatic heterocycles. The van der Waals surface area contributed by atoms with E-state index in [4.69, 9.17) is 0 Å². The Labute approximate surface area is 98.1 Å². The topological polar surface area (TPSA) is 29.1 Å². The molecule has 17 heavy (non-hydrogen) atoms. The zero-order valence-electron chi connectivity index (χ0n) is 8.98.